The van der Waals surface area contributed by atoms with Gasteiger partial charge in [0.2, 0.25) is 11.9 Å². The maximum Gasteiger partial charge on any atom is 0.249 e. The molecule has 0 aliphatic heterocycles. The van der Waals surface area contributed by atoms with E-state index in [4.69, 9.17) is 5.73 Å². The predicted molar refractivity (Wildman–Crippen MR) is 67.6 cm³/mol. The van der Waals surface area contributed by atoms with Gasteiger partial charge in [0.05, 0.1) is 12.4 Å². The summed E-state index contributed by atoms with van der Waals surface area (Å²) in [6.45, 7) is 0. The van der Waals surface area contributed by atoms with Crippen LogP contribution in [0.5, 0.6) is 0 Å². The Labute approximate surface area is 104 Å². The zero-order chi connectivity index (χ0) is 12.8. The van der Waals surface area contributed by atoms with Crippen LogP contribution < -0.4 is 11.1 Å². The summed E-state index contributed by atoms with van der Waals surface area (Å²) >= 11 is 0. The van der Waals surface area contributed by atoms with Crippen LogP contribution in [0.3, 0.4) is 0 Å². The van der Waals surface area contributed by atoms with Gasteiger partial charge in [0, 0.05) is 12.1 Å². The quantitative estimate of drug-likeness (QED) is 0.782. The summed E-state index contributed by atoms with van der Waals surface area (Å²) in [6, 6.07) is 7.47. The summed E-state index contributed by atoms with van der Waals surface area (Å²) in [6.07, 6.45) is 3.89. The van der Waals surface area contributed by atoms with Crippen molar-refractivity contribution in [3.8, 4) is 0 Å². The molecule has 1 aromatic heterocycles. The Bertz CT molecular complexity index is 529. The summed E-state index contributed by atoms with van der Waals surface area (Å²) in [5, 5.41) is 9.87. The molecule has 1 amide bonds. The van der Waals surface area contributed by atoms with Crippen molar-refractivity contribution < 1.29 is 4.79 Å². The molecule has 2 rings (SSSR count). The van der Waals surface area contributed by atoms with Gasteiger partial charge in [-0.25, -0.2) is 4.98 Å². The van der Waals surface area contributed by atoms with E-state index in [0.29, 0.717) is 18.5 Å². The Hall–Kier alpha value is -2.50. The molecule has 1 heterocycles. The number of anilines is 2. The van der Waals surface area contributed by atoms with Gasteiger partial charge in [-0.15, -0.1) is 5.10 Å². The van der Waals surface area contributed by atoms with Crippen molar-refractivity contribution in [2.75, 3.05) is 11.1 Å². The number of carbonyl (C=O) groups is 1. The number of nitrogens with two attached hydrogens (primary N) is 1. The number of nitrogen functional groups attached to an aromatic ring is 1. The van der Waals surface area contributed by atoms with E-state index in [2.05, 4.69) is 20.5 Å². The first-order valence-electron chi connectivity index (χ1n) is 5.52. The smallest absolute Gasteiger partial charge is 0.249 e. The van der Waals surface area contributed by atoms with Crippen LogP contribution in [0, 0.1) is 0 Å². The molecule has 0 fully saturated rings. The first kappa shape index (κ1) is 12.0. The number of carbonyl (C=O) groups excluding carboxylic acids is 1. The predicted octanol–water partition coefficient (Wildman–Crippen LogP) is 1.03. The lowest BCUT2D eigenvalue weighted by Gasteiger charge is -2.03. The fraction of sp³-hybridized carbons (Fsp3) is 0.167. The number of rotatable bonds is 4. The molecule has 0 saturated carbocycles. The number of hydrogen-bond acceptors (Lipinski definition) is 5. The van der Waals surface area contributed by atoms with E-state index < -0.39 is 0 Å². The molecule has 6 nitrogen and oxygen atoms in total. The molecule has 6 heteroatoms. The maximum atomic E-state index is 11.6. The van der Waals surface area contributed by atoms with Crippen molar-refractivity contribution in [1.82, 2.24) is 15.2 Å². The monoisotopic (exact) mass is 243 g/mol. The minimum absolute atomic E-state index is 0.148. The van der Waals surface area contributed by atoms with E-state index in [1.54, 1.807) is 0 Å². The molecule has 0 aliphatic carbocycles. The molecular formula is C12H13N5O. The van der Waals surface area contributed by atoms with E-state index in [0.717, 1.165) is 5.56 Å². The van der Waals surface area contributed by atoms with E-state index in [-0.39, 0.29) is 11.9 Å². The molecule has 92 valence electrons. The first-order chi connectivity index (χ1) is 8.74. The topological polar surface area (TPSA) is 93.8 Å². The number of nitrogens with zero attached hydrogens (tertiary/aromatic N) is 3. The molecule has 0 radical (unpaired) electrons. The molecule has 3 N–H and O–H groups in total. The third-order valence-corrected chi connectivity index (χ3v) is 2.33. The Morgan fingerprint density at radius 1 is 1.33 bits per heavy atom. The van der Waals surface area contributed by atoms with Crippen molar-refractivity contribution in [2.45, 2.75) is 12.8 Å². The molecule has 0 unspecified atom stereocenters. The van der Waals surface area contributed by atoms with Crippen LogP contribution in [-0.4, -0.2) is 21.1 Å². The third kappa shape index (κ3) is 3.51. The number of nitrogens with one attached hydrogen (secondary N) is 1. The van der Waals surface area contributed by atoms with Gasteiger partial charge in [0.15, 0.2) is 0 Å². The number of hydrogen-bond donors (Lipinski definition) is 2. The van der Waals surface area contributed by atoms with Crippen LogP contribution in [0.2, 0.25) is 0 Å². The van der Waals surface area contributed by atoms with Gasteiger partial charge in [-0.05, 0) is 24.1 Å². The summed E-state index contributed by atoms with van der Waals surface area (Å²) < 4.78 is 0. The summed E-state index contributed by atoms with van der Waals surface area (Å²) in [5.41, 5.74) is 7.38. The zero-order valence-corrected chi connectivity index (χ0v) is 9.71. The van der Waals surface area contributed by atoms with Crippen molar-refractivity contribution >= 4 is 17.5 Å². The molecule has 0 aliphatic rings. The lowest BCUT2D eigenvalue weighted by molar-refractivity contribution is -0.116. The van der Waals surface area contributed by atoms with Gasteiger partial charge >= 0.3 is 0 Å². The molecule has 0 bridgehead atoms. The van der Waals surface area contributed by atoms with E-state index >= 15 is 0 Å². The Kier molecular flexibility index (Phi) is 3.80. The highest BCUT2D eigenvalue weighted by Crippen LogP contribution is 2.09. The van der Waals surface area contributed by atoms with Crippen LogP contribution >= 0.6 is 0 Å². The summed E-state index contributed by atoms with van der Waals surface area (Å²) in [5.74, 6) is 0.0699. The molecule has 18 heavy (non-hydrogen) atoms. The van der Waals surface area contributed by atoms with Crippen LogP contribution in [-0.2, 0) is 11.2 Å². The molecule has 2 aromatic rings. The molecule has 0 atom stereocenters. The third-order valence-electron chi connectivity index (χ3n) is 2.33. The Morgan fingerprint density at radius 3 is 2.94 bits per heavy atom. The number of aryl methyl sites for hydroxylation is 1. The van der Waals surface area contributed by atoms with Crippen molar-refractivity contribution in [1.29, 1.82) is 0 Å². The second-order valence-corrected chi connectivity index (χ2v) is 3.76. The number of benzene rings is 1. The zero-order valence-electron chi connectivity index (χ0n) is 9.71. The first-order valence-corrected chi connectivity index (χ1v) is 5.52. The summed E-state index contributed by atoms with van der Waals surface area (Å²) in [7, 11) is 0. The highest BCUT2D eigenvalue weighted by Gasteiger charge is 2.04. The molecule has 0 spiro atoms. The van der Waals surface area contributed by atoms with Gasteiger partial charge in [-0.1, -0.05) is 12.1 Å². The lowest BCUT2D eigenvalue weighted by Crippen LogP contribution is -2.14. The average Bonchev–Trinajstić information content (AvgIpc) is 2.38. The van der Waals surface area contributed by atoms with Crippen molar-refractivity contribution in [3.05, 3.63) is 42.2 Å². The lowest BCUT2D eigenvalue weighted by atomic mass is 10.1. The fourth-order valence-electron chi connectivity index (χ4n) is 1.50. The summed E-state index contributed by atoms with van der Waals surface area (Å²) in [4.78, 5) is 15.5. The van der Waals surface area contributed by atoms with Crippen LogP contribution in [0.15, 0.2) is 36.7 Å². The highest BCUT2D eigenvalue weighted by molar-refractivity contribution is 5.88. The van der Waals surface area contributed by atoms with Crippen molar-refractivity contribution in [3.63, 3.8) is 0 Å². The van der Waals surface area contributed by atoms with Gasteiger partial charge in [-0.3, -0.25) is 10.1 Å². The van der Waals surface area contributed by atoms with Gasteiger partial charge in [0.25, 0.3) is 0 Å². The molecule has 0 saturated heterocycles. The standard InChI is InChI=1S/C12H13N5O/c13-10-3-1-2-9(8-10)4-5-11(18)16-12-14-6-7-15-17-12/h1-3,6-8H,4-5,13H2,(H,14,16,17,18). The Morgan fingerprint density at radius 2 is 2.22 bits per heavy atom. The van der Waals surface area contributed by atoms with E-state index in [1.165, 1.54) is 12.4 Å². The minimum Gasteiger partial charge on any atom is -0.399 e. The van der Waals surface area contributed by atoms with Gasteiger partial charge in [-0.2, -0.15) is 5.10 Å². The largest absolute Gasteiger partial charge is 0.399 e. The molecule has 1 aromatic carbocycles. The second kappa shape index (κ2) is 5.72. The van der Waals surface area contributed by atoms with Crippen LogP contribution in [0.25, 0.3) is 0 Å². The minimum atomic E-state index is -0.148. The van der Waals surface area contributed by atoms with Crippen LogP contribution in [0.4, 0.5) is 11.6 Å². The van der Waals surface area contributed by atoms with Gasteiger partial charge in [0.1, 0.15) is 0 Å². The average molecular weight is 243 g/mol. The number of amides is 1. The van der Waals surface area contributed by atoms with E-state index in [9.17, 15) is 4.79 Å². The van der Waals surface area contributed by atoms with Crippen molar-refractivity contribution in [2.24, 2.45) is 0 Å². The van der Waals surface area contributed by atoms with Crippen LogP contribution in [0.1, 0.15) is 12.0 Å². The fourth-order valence-corrected chi connectivity index (χ4v) is 1.50. The highest BCUT2D eigenvalue weighted by atomic mass is 16.1. The van der Waals surface area contributed by atoms with Gasteiger partial charge < -0.3 is 5.73 Å². The normalized spacial score (nSPS) is 10.0. The molecular weight excluding hydrogens is 230 g/mol. The second-order valence-electron chi connectivity index (χ2n) is 3.76. The Balaban J connectivity index is 1.85. The SMILES string of the molecule is Nc1cccc(CCC(=O)Nc2nccnn2)c1. The van der Waals surface area contributed by atoms with E-state index in [1.807, 2.05) is 24.3 Å². The maximum absolute atomic E-state index is 11.6. The number of aromatic nitrogens is 3.